The third-order valence-electron chi connectivity index (χ3n) is 3.25. The Hall–Kier alpha value is -0.820. The van der Waals surface area contributed by atoms with Crippen molar-refractivity contribution in [2.45, 2.75) is 64.3 Å². The van der Waals surface area contributed by atoms with Gasteiger partial charge in [-0.25, -0.2) is 8.42 Å². The van der Waals surface area contributed by atoms with Crippen LogP contribution >= 0.6 is 11.5 Å². The van der Waals surface area contributed by atoms with Crippen LogP contribution in [-0.2, 0) is 9.84 Å². The van der Waals surface area contributed by atoms with Crippen LogP contribution in [0.25, 0.3) is 0 Å². The molecule has 0 radical (unpaired) electrons. The van der Waals surface area contributed by atoms with Crippen molar-refractivity contribution in [3.05, 3.63) is 0 Å². The smallest absolute Gasteiger partial charge is 0.185 e. The maximum absolute atomic E-state index is 12.3. The summed E-state index contributed by atoms with van der Waals surface area (Å²) in [6.07, 6.45) is 3.87. The van der Waals surface area contributed by atoms with Gasteiger partial charge in [0.05, 0.1) is 5.75 Å². The minimum atomic E-state index is -3.35. The summed E-state index contributed by atoms with van der Waals surface area (Å²) >= 11 is 1.13. The average molecular weight is 334 g/mol. The van der Waals surface area contributed by atoms with E-state index in [0.717, 1.165) is 24.4 Å². The molecule has 1 aromatic rings. The first kappa shape index (κ1) is 18.2. The van der Waals surface area contributed by atoms with Crippen LogP contribution in [0, 0.1) is 5.92 Å². The molecule has 1 heterocycles. The Kier molecular flexibility index (Phi) is 6.93. The summed E-state index contributed by atoms with van der Waals surface area (Å²) < 4.78 is 28.5. The third-order valence-corrected chi connectivity index (χ3v) is 6.16. The molecule has 5 nitrogen and oxygen atoms in total. The lowest BCUT2D eigenvalue weighted by Crippen LogP contribution is -2.17. The molecule has 0 amide bonds. The molecule has 0 aromatic carbocycles. The van der Waals surface area contributed by atoms with Gasteiger partial charge in [-0.1, -0.05) is 33.6 Å². The Morgan fingerprint density at radius 1 is 1.29 bits per heavy atom. The fraction of sp³-hybridized carbons (Fsp3) is 0.786. The lowest BCUT2D eigenvalue weighted by atomic mass is 10.0. The van der Waals surface area contributed by atoms with Crippen molar-refractivity contribution in [3.63, 3.8) is 0 Å². The second kappa shape index (κ2) is 7.98. The minimum absolute atomic E-state index is 0.103. The molecule has 0 spiro atoms. The number of aromatic nitrogens is 1. The van der Waals surface area contributed by atoms with Gasteiger partial charge in [-0.05, 0) is 37.2 Å². The van der Waals surface area contributed by atoms with Crippen LogP contribution in [0.3, 0.4) is 0 Å². The topological polar surface area (TPSA) is 85.1 Å². The van der Waals surface area contributed by atoms with Gasteiger partial charge >= 0.3 is 0 Å². The normalized spacial score (nSPS) is 13.6. The molecular weight excluding hydrogens is 306 g/mol. The molecule has 1 unspecified atom stereocenters. The van der Waals surface area contributed by atoms with Crippen LogP contribution in [-0.4, -0.2) is 24.6 Å². The molecule has 1 atom stereocenters. The number of hydrogen-bond acceptors (Lipinski definition) is 6. The molecule has 1 rings (SSSR count). The number of nitrogens with two attached hydrogens (primary N) is 1. The molecule has 1 aromatic heterocycles. The fourth-order valence-electron chi connectivity index (χ4n) is 2.19. The largest absolute Gasteiger partial charge is 0.382 e. The first-order chi connectivity index (χ1) is 9.77. The van der Waals surface area contributed by atoms with Gasteiger partial charge in [-0.3, -0.25) is 0 Å². The Labute approximate surface area is 132 Å². The van der Waals surface area contributed by atoms with Crippen molar-refractivity contribution >= 4 is 32.2 Å². The van der Waals surface area contributed by atoms with Crippen molar-refractivity contribution in [2.24, 2.45) is 5.92 Å². The molecule has 0 aliphatic rings. The first-order valence-electron chi connectivity index (χ1n) is 7.52. The van der Waals surface area contributed by atoms with Gasteiger partial charge in [0.2, 0.25) is 0 Å². The average Bonchev–Trinajstić information content (AvgIpc) is 2.70. The molecule has 0 aliphatic heterocycles. The quantitative estimate of drug-likeness (QED) is 0.722. The predicted octanol–water partition coefficient (Wildman–Crippen LogP) is 3.54. The second-order valence-electron chi connectivity index (χ2n) is 5.92. The highest BCUT2D eigenvalue weighted by Crippen LogP contribution is 2.33. The summed E-state index contributed by atoms with van der Waals surface area (Å²) in [6.45, 7) is 8.32. The summed E-state index contributed by atoms with van der Waals surface area (Å²) in [7, 11) is -3.35. The lowest BCUT2D eigenvalue weighted by Gasteiger charge is -2.15. The molecule has 3 N–H and O–H groups in total. The molecule has 0 bridgehead atoms. The van der Waals surface area contributed by atoms with E-state index in [1.807, 2.05) is 6.92 Å². The van der Waals surface area contributed by atoms with E-state index in [2.05, 4.69) is 30.5 Å². The minimum Gasteiger partial charge on any atom is -0.382 e. The van der Waals surface area contributed by atoms with E-state index in [9.17, 15) is 8.42 Å². The number of anilines is 2. The zero-order valence-electron chi connectivity index (χ0n) is 13.3. The van der Waals surface area contributed by atoms with Gasteiger partial charge in [0.25, 0.3) is 0 Å². The lowest BCUT2D eigenvalue weighted by molar-refractivity contribution is 0.520. The standard InChI is InChI=1S/C14H27N3O2S2/c1-5-9-21(18,19)12-13(15)17-20-14(12)16-11(4)8-6-7-10(2)3/h10-11,16H,5-9H2,1-4H3,(H2,15,17). The Balaban J connectivity index is 2.76. The maximum atomic E-state index is 12.3. The van der Waals surface area contributed by atoms with E-state index in [1.165, 1.54) is 6.42 Å². The highest BCUT2D eigenvalue weighted by atomic mass is 32.2. The first-order valence-corrected chi connectivity index (χ1v) is 9.95. The molecule has 21 heavy (non-hydrogen) atoms. The molecule has 0 fully saturated rings. The second-order valence-corrected chi connectivity index (χ2v) is 8.73. The van der Waals surface area contributed by atoms with Crippen LogP contribution in [0.4, 0.5) is 10.8 Å². The predicted molar refractivity (Wildman–Crippen MR) is 90.6 cm³/mol. The van der Waals surface area contributed by atoms with E-state index in [4.69, 9.17) is 5.73 Å². The maximum Gasteiger partial charge on any atom is 0.185 e. The van der Waals surface area contributed by atoms with Gasteiger partial charge in [0, 0.05) is 6.04 Å². The summed E-state index contributed by atoms with van der Waals surface area (Å²) in [6, 6.07) is 0.208. The third kappa shape index (κ3) is 5.47. The van der Waals surface area contributed by atoms with Crippen LogP contribution in [0.1, 0.15) is 53.4 Å². The molecule has 0 aliphatic carbocycles. The van der Waals surface area contributed by atoms with Gasteiger partial charge in [-0.15, -0.1) is 0 Å². The summed E-state index contributed by atoms with van der Waals surface area (Å²) in [5, 5.41) is 3.85. The van der Waals surface area contributed by atoms with Crippen molar-refractivity contribution in [3.8, 4) is 0 Å². The Morgan fingerprint density at radius 3 is 2.52 bits per heavy atom. The van der Waals surface area contributed by atoms with Crippen molar-refractivity contribution < 1.29 is 8.42 Å². The van der Waals surface area contributed by atoms with Gasteiger partial charge in [0.1, 0.15) is 9.90 Å². The van der Waals surface area contributed by atoms with Crippen LogP contribution in [0.5, 0.6) is 0 Å². The zero-order chi connectivity index (χ0) is 16.0. The number of nitrogens with zero attached hydrogens (tertiary/aromatic N) is 1. The molecule has 122 valence electrons. The number of sulfone groups is 1. The highest BCUT2D eigenvalue weighted by molar-refractivity contribution is 7.91. The van der Waals surface area contributed by atoms with Crippen LogP contribution in [0.15, 0.2) is 4.90 Å². The summed E-state index contributed by atoms with van der Waals surface area (Å²) in [5.74, 6) is 0.911. The van der Waals surface area contributed by atoms with Crippen LogP contribution < -0.4 is 11.1 Å². The molecule has 0 saturated carbocycles. The SMILES string of the molecule is CCCS(=O)(=O)c1c(N)nsc1NC(C)CCCC(C)C. The van der Waals surface area contributed by atoms with Crippen LogP contribution in [0.2, 0.25) is 0 Å². The van der Waals surface area contributed by atoms with E-state index < -0.39 is 9.84 Å². The van der Waals surface area contributed by atoms with E-state index in [-0.39, 0.29) is 22.5 Å². The molecule has 7 heteroatoms. The number of rotatable bonds is 9. The number of nitrogens with one attached hydrogen (secondary N) is 1. The van der Waals surface area contributed by atoms with Gasteiger partial charge in [-0.2, -0.15) is 4.37 Å². The van der Waals surface area contributed by atoms with Crippen molar-refractivity contribution in [1.29, 1.82) is 0 Å². The van der Waals surface area contributed by atoms with E-state index in [1.54, 1.807) is 0 Å². The van der Waals surface area contributed by atoms with Crippen molar-refractivity contribution in [2.75, 3.05) is 16.8 Å². The summed E-state index contributed by atoms with van der Waals surface area (Å²) in [4.78, 5) is 0.185. The number of nitrogen functional groups attached to an aromatic ring is 1. The Bertz CT molecular complexity index is 538. The van der Waals surface area contributed by atoms with Gasteiger partial charge in [0.15, 0.2) is 15.7 Å². The molecular formula is C14H27N3O2S2. The van der Waals surface area contributed by atoms with E-state index >= 15 is 0 Å². The number of hydrogen-bond donors (Lipinski definition) is 2. The fourth-order valence-corrected chi connectivity index (χ4v) is 4.91. The van der Waals surface area contributed by atoms with Gasteiger partial charge < -0.3 is 11.1 Å². The Morgan fingerprint density at radius 2 is 1.95 bits per heavy atom. The summed E-state index contributed by atoms with van der Waals surface area (Å²) in [5.41, 5.74) is 5.75. The highest BCUT2D eigenvalue weighted by Gasteiger charge is 2.25. The zero-order valence-corrected chi connectivity index (χ0v) is 15.0. The van der Waals surface area contributed by atoms with Crippen molar-refractivity contribution in [1.82, 2.24) is 4.37 Å². The monoisotopic (exact) mass is 333 g/mol. The van der Waals surface area contributed by atoms with E-state index in [0.29, 0.717) is 17.3 Å². The molecule has 0 saturated heterocycles.